The van der Waals surface area contributed by atoms with E-state index in [4.69, 9.17) is 20.4 Å². The lowest BCUT2D eigenvalue weighted by Crippen LogP contribution is -2.27. The maximum atomic E-state index is 9.91. The molecule has 0 aliphatic rings. The molecule has 2 unspecified atom stereocenters. The van der Waals surface area contributed by atoms with Crippen molar-refractivity contribution >= 4 is 5.97 Å². The Bertz CT molecular complexity index is 113. The zero-order chi connectivity index (χ0) is 8.15. The Morgan fingerprint density at radius 1 is 1.40 bits per heavy atom. The molecule has 0 saturated carbocycles. The van der Waals surface area contributed by atoms with Crippen LogP contribution in [0, 0.1) is 0 Å². The number of hydrogen-bond donors (Lipinski definition) is 4. The van der Waals surface area contributed by atoms with Crippen molar-refractivity contribution in [1.29, 1.82) is 0 Å². The van der Waals surface area contributed by atoms with E-state index < -0.39 is 24.8 Å². The second-order valence-corrected chi connectivity index (χ2v) is 1.93. The summed E-state index contributed by atoms with van der Waals surface area (Å²) in [5, 5.41) is 33.5. The van der Waals surface area contributed by atoms with Crippen molar-refractivity contribution in [2.45, 2.75) is 18.6 Å². The fourth-order valence-electron chi connectivity index (χ4n) is 0.433. The van der Waals surface area contributed by atoms with Crippen LogP contribution in [-0.2, 0) is 4.79 Å². The van der Waals surface area contributed by atoms with E-state index in [-0.39, 0.29) is 6.42 Å². The van der Waals surface area contributed by atoms with Crippen molar-refractivity contribution in [3.63, 3.8) is 0 Å². The van der Waals surface area contributed by atoms with Gasteiger partial charge in [-0.2, -0.15) is 0 Å². The van der Waals surface area contributed by atoms with Gasteiger partial charge in [0.1, 0.15) is 0 Å². The summed E-state index contributed by atoms with van der Waals surface area (Å²) in [5.41, 5.74) is 0. The molecular weight excluding hydrogens is 140 g/mol. The summed E-state index contributed by atoms with van der Waals surface area (Å²) in [6, 6.07) is 0. The van der Waals surface area contributed by atoms with Crippen LogP contribution < -0.4 is 0 Å². The Balaban J connectivity index is 3.56. The molecule has 10 heavy (non-hydrogen) atoms. The summed E-state index contributed by atoms with van der Waals surface area (Å²) < 4.78 is 0. The zero-order valence-corrected chi connectivity index (χ0v) is 5.27. The Labute approximate surface area is 57.5 Å². The van der Waals surface area contributed by atoms with Crippen molar-refractivity contribution < 1.29 is 25.2 Å². The summed E-state index contributed by atoms with van der Waals surface area (Å²) in [6.07, 6.45) is -3.10. The summed E-state index contributed by atoms with van der Waals surface area (Å²) in [6.45, 7) is -0.537. The van der Waals surface area contributed by atoms with Gasteiger partial charge in [0.2, 0.25) is 0 Å². The fraction of sp³-hybridized carbons (Fsp3) is 0.800. The molecule has 0 spiro atoms. The molecule has 0 rings (SSSR count). The van der Waals surface area contributed by atoms with E-state index in [0.29, 0.717) is 0 Å². The molecule has 0 aliphatic heterocycles. The van der Waals surface area contributed by atoms with E-state index in [1.807, 2.05) is 0 Å². The summed E-state index contributed by atoms with van der Waals surface area (Å²) in [4.78, 5) is 9.91. The first kappa shape index (κ1) is 9.35. The van der Waals surface area contributed by atoms with Gasteiger partial charge in [-0.15, -0.1) is 0 Å². The average Bonchev–Trinajstić information content (AvgIpc) is 1.87. The van der Waals surface area contributed by atoms with E-state index in [1.165, 1.54) is 0 Å². The van der Waals surface area contributed by atoms with Crippen molar-refractivity contribution in [2.24, 2.45) is 0 Å². The predicted octanol–water partition coefficient (Wildman–Crippen LogP) is -1.82. The number of hydrogen-bond acceptors (Lipinski definition) is 4. The van der Waals surface area contributed by atoms with Crippen LogP contribution in [0.25, 0.3) is 0 Å². The number of aliphatic carboxylic acids is 1. The van der Waals surface area contributed by atoms with Crippen LogP contribution >= 0.6 is 0 Å². The van der Waals surface area contributed by atoms with Crippen LogP contribution in [0.1, 0.15) is 6.42 Å². The van der Waals surface area contributed by atoms with Crippen LogP contribution in [0.4, 0.5) is 0 Å². The highest BCUT2D eigenvalue weighted by Crippen LogP contribution is 1.96. The minimum Gasteiger partial charge on any atom is -0.479 e. The number of aliphatic hydroxyl groups excluding tert-OH is 3. The first-order valence-corrected chi connectivity index (χ1v) is 2.77. The third-order valence-corrected chi connectivity index (χ3v) is 0.991. The minimum absolute atomic E-state index is 0.341. The van der Waals surface area contributed by atoms with Crippen LogP contribution in [0.5, 0.6) is 0 Å². The molecule has 0 radical (unpaired) electrons. The van der Waals surface area contributed by atoms with Gasteiger partial charge >= 0.3 is 5.97 Å². The molecule has 0 aromatic rings. The van der Waals surface area contributed by atoms with E-state index in [9.17, 15) is 4.79 Å². The molecule has 4 N–H and O–H groups in total. The second-order valence-electron chi connectivity index (χ2n) is 1.93. The minimum atomic E-state index is -1.60. The van der Waals surface area contributed by atoms with Gasteiger partial charge in [0, 0.05) is 6.42 Å². The lowest BCUT2D eigenvalue weighted by atomic mass is 10.2. The van der Waals surface area contributed by atoms with Gasteiger partial charge in [-0.05, 0) is 0 Å². The lowest BCUT2D eigenvalue weighted by molar-refractivity contribution is -0.148. The van der Waals surface area contributed by atoms with E-state index in [2.05, 4.69) is 0 Å². The molecule has 2 atom stereocenters. The standard InChI is InChI=1S/C5H10O5/c6-2-3(7)1-4(8)5(9)10/h3-4,6-8H,1-2H2,(H,9,10). The monoisotopic (exact) mass is 150 g/mol. The molecule has 60 valence electrons. The molecule has 0 saturated heterocycles. The molecule has 0 aliphatic carbocycles. The predicted molar refractivity (Wildman–Crippen MR) is 31.4 cm³/mol. The van der Waals surface area contributed by atoms with Gasteiger partial charge in [-0.25, -0.2) is 4.79 Å². The normalized spacial score (nSPS) is 16.3. The van der Waals surface area contributed by atoms with E-state index in [0.717, 1.165) is 0 Å². The molecule has 5 heteroatoms. The quantitative estimate of drug-likeness (QED) is 0.378. The molecular formula is C5H10O5. The van der Waals surface area contributed by atoms with E-state index in [1.54, 1.807) is 0 Å². The highest BCUT2D eigenvalue weighted by Gasteiger charge is 2.16. The Morgan fingerprint density at radius 3 is 2.20 bits per heavy atom. The maximum Gasteiger partial charge on any atom is 0.332 e. The third-order valence-electron chi connectivity index (χ3n) is 0.991. The number of rotatable bonds is 4. The number of carboxylic acid groups (broad SMARTS) is 1. The maximum absolute atomic E-state index is 9.91. The largest absolute Gasteiger partial charge is 0.479 e. The third kappa shape index (κ3) is 3.39. The average molecular weight is 150 g/mol. The highest BCUT2D eigenvalue weighted by atomic mass is 16.4. The first-order chi connectivity index (χ1) is 4.57. The molecule has 0 bridgehead atoms. The van der Waals surface area contributed by atoms with Crippen molar-refractivity contribution in [3.8, 4) is 0 Å². The molecule has 0 aromatic carbocycles. The van der Waals surface area contributed by atoms with Crippen LogP contribution in [0.3, 0.4) is 0 Å². The van der Waals surface area contributed by atoms with Crippen LogP contribution in [-0.4, -0.2) is 45.2 Å². The highest BCUT2D eigenvalue weighted by molar-refractivity contribution is 5.71. The van der Waals surface area contributed by atoms with Gasteiger partial charge in [0.25, 0.3) is 0 Å². The van der Waals surface area contributed by atoms with Gasteiger partial charge in [0.05, 0.1) is 12.7 Å². The van der Waals surface area contributed by atoms with Crippen molar-refractivity contribution in [3.05, 3.63) is 0 Å². The number of carbonyl (C=O) groups is 1. The molecule has 5 nitrogen and oxygen atoms in total. The smallest absolute Gasteiger partial charge is 0.332 e. The van der Waals surface area contributed by atoms with E-state index >= 15 is 0 Å². The van der Waals surface area contributed by atoms with Crippen molar-refractivity contribution in [1.82, 2.24) is 0 Å². The van der Waals surface area contributed by atoms with Gasteiger partial charge in [-0.1, -0.05) is 0 Å². The van der Waals surface area contributed by atoms with Crippen LogP contribution in [0.15, 0.2) is 0 Å². The fourth-order valence-corrected chi connectivity index (χ4v) is 0.433. The summed E-state index contributed by atoms with van der Waals surface area (Å²) >= 11 is 0. The molecule has 0 heterocycles. The topological polar surface area (TPSA) is 98.0 Å². The molecule has 0 amide bonds. The zero-order valence-electron chi connectivity index (χ0n) is 5.27. The second kappa shape index (κ2) is 4.21. The number of aliphatic hydroxyl groups is 3. The SMILES string of the molecule is O=C(O)C(O)CC(O)CO. The summed E-state index contributed by atoms with van der Waals surface area (Å²) in [5.74, 6) is -1.40. The number of carboxylic acids is 1. The van der Waals surface area contributed by atoms with Gasteiger partial charge in [0.15, 0.2) is 6.10 Å². The molecule has 0 fully saturated rings. The lowest BCUT2D eigenvalue weighted by Gasteiger charge is -2.08. The Hall–Kier alpha value is -0.650. The van der Waals surface area contributed by atoms with Crippen LogP contribution in [0.2, 0.25) is 0 Å². The molecule has 0 aromatic heterocycles. The Kier molecular flexibility index (Phi) is 3.94. The summed E-state index contributed by atoms with van der Waals surface area (Å²) in [7, 11) is 0. The van der Waals surface area contributed by atoms with Crippen molar-refractivity contribution in [2.75, 3.05) is 6.61 Å². The first-order valence-electron chi connectivity index (χ1n) is 2.77. The van der Waals surface area contributed by atoms with Gasteiger partial charge in [-0.3, -0.25) is 0 Å². The Morgan fingerprint density at radius 2 is 1.90 bits per heavy atom. The van der Waals surface area contributed by atoms with Gasteiger partial charge < -0.3 is 20.4 Å².